The highest BCUT2D eigenvalue weighted by Crippen LogP contribution is 2.42. The number of hydrogen-bond acceptors (Lipinski definition) is 0. The van der Waals surface area contributed by atoms with Crippen LogP contribution in [0.2, 0.25) is 0 Å². The van der Waals surface area contributed by atoms with E-state index in [1.807, 2.05) is 0 Å². The number of aromatic nitrogens is 1. The van der Waals surface area contributed by atoms with Gasteiger partial charge in [0, 0.05) is 10.8 Å². The molecule has 51 heavy (non-hydrogen) atoms. The van der Waals surface area contributed by atoms with Crippen molar-refractivity contribution in [1.29, 1.82) is 0 Å². The highest BCUT2D eigenvalue weighted by atomic mass is 15.0. The monoisotopic (exact) mass is 659 g/mol. The average molecular weight is 660 g/mol. The number of nitrogens with zero attached hydrogens (tertiary/aromatic N) is 1. The van der Waals surface area contributed by atoms with Crippen LogP contribution in [-0.4, -0.2) is 4.57 Å². The van der Waals surface area contributed by atoms with E-state index in [1.165, 1.54) is 83.1 Å². The van der Waals surface area contributed by atoms with Gasteiger partial charge >= 0.3 is 0 Å². The largest absolute Gasteiger partial charge is 0.308 e. The molecule has 0 saturated carbocycles. The Balaban J connectivity index is 1.44. The average Bonchev–Trinajstić information content (AvgIpc) is 3.58. The zero-order valence-corrected chi connectivity index (χ0v) is 30.5. The lowest BCUT2D eigenvalue weighted by Gasteiger charge is -2.21. The van der Waals surface area contributed by atoms with Crippen molar-refractivity contribution in [1.82, 2.24) is 4.57 Å². The molecular weight excluding hydrogens is 615 g/mol. The molecule has 1 aromatic heterocycles. The second-order valence-corrected chi connectivity index (χ2v) is 15.9. The van der Waals surface area contributed by atoms with Crippen molar-refractivity contribution in [3.05, 3.63) is 175 Å². The minimum absolute atomic E-state index is 0.106. The highest BCUT2D eigenvalue weighted by Gasteiger charge is 2.20. The lowest BCUT2D eigenvalue weighted by molar-refractivity contribution is 0.590. The van der Waals surface area contributed by atoms with Crippen molar-refractivity contribution >= 4 is 21.5 Å². The van der Waals surface area contributed by atoms with Crippen LogP contribution < -0.4 is 0 Å². The first-order chi connectivity index (χ1) is 24.5. The molecule has 0 atom stereocenters. The molecule has 1 nitrogen and oxygen atoms in total. The van der Waals surface area contributed by atoms with E-state index < -0.39 is 0 Å². The van der Waals surface area contributed by atoms with Gasteiger partial charge in [-0.05, 0) is 96.4 Å². The molecule has 0 aliphatic heterocycles. The van der Waals surface area contributed by atoms with Gasteiger partial charge in [0.1, 0.15) is 0 Å². The normalized spacial score (nSPS) is 12.1. The number of fused-ring (bicyclic) bond motifs is 2. The maximum Gasteiger partial charge on any atom is 0.0619 e. The Kier molecular flexibility index (Phi) is 8.03. The number of rotatable bonds is 5. The van der Waals surface area contributed by atoms with Gasteiger partial charge in [0.25, 0.3) is 0 Å². The van der Waals surface area contributed by atoms with Crippen LogP contribution in [0.15, 0.2) is 164 Å². The van der Waals surface area contributed by atoms with Crippen LogP contribution in [0.3, 0.4) is 0 Å². The predicted molar refractivity (Wildman–Crippen MR) is 220 cm³/mol. The Labute approximate surface area is 302 Å². The Morgan fingerprint density at radius 2 is 0.706 bits per heavy atom. The molecule has 0 unspecified atom stereocenters. The van der Waals surface area contributed by atoms with E-state index in [0.29, 0.717) is 0 Å². The Morgan fingerprint density at radius 1 is 0.333 bits per heavy atom. The van der Waals surface area contributed by atoms with E-state index in [-0.39, 0.29) is 10.8 Å². The second-order valence-electron chi connectivity index (χ2n) is 15.9. The van der Waals surface area contributed by atoms with Gasteiger partial charge < -0.3 is 4.57 Å². The third-order valence-corrected chi connectivity index (χ3v) is 10.3. The van der Waals surface area contributed by atoms with Gasteiger partial charge in [-0.1, -0.05) is 175 Å². The number of hydrogen-bond donors (Lipinski definition) is 0. The molecular formula is C50H45N. The van der Waals surface area contributed by atoms with Gasteiger partial charge in [-0.2, -0.15) is 0 Å². The summed E-state index contributed by atoms with van der Waals surface area (Å²) in [4.78, 5) is 0. The van der Waals surface area contributed by atoms with Gasteiger partial charge in [0.15, 0.2) is 0 Å². The molecule has 0 N–H and O–H groups in total. The first-order valence-corrected chi connectivity index (χ1v) is 18.1. The van der Waals surface area contributed by atoms with Crippen LogP contribution in [0.1, 0.15) is 52.7 Å². The van der Waals surface area contributed by atoms with Crippen molar-refractivity contribution in [3.8, 4) is 50.5 Å². The van der Waals surface area contributed by atoms with Gasteiger partial charge in [-0.25, -0.2) is 0 Å². The summed E-state index contributed by atoms with van der Waals surface area (Å²) in [6, 6.07) is 60.8. The van der Waals surface area contributed by atoms with E-state index in [9.17, 15) is 0 Å². The van der Waals surface area contributed by atoms with E-state index in [0.717, 1.165) is 0 Å². The van der Waals surface area contributed by atoms with E-state index >= 15 is 0 Å². The number of benzene rings is 7. The standard InChI is InChI=1S/C50H45N/c1-49(2,3)42-25-21-34(22-26-42)38-17-19-40-31-41-20-18-39(35-23-27-43(28-24-35)50(4,5)6)33-45(41)48(44(40)32-38)51-46(36-13-9-7-10-14-36)29-30-47(51)37-15-11-8-12-16-37/h7-33H,1-6H3. The Hall–Kier alpha value is -5.66. The second kappa shape index (κ2) is 12.6. The molecule has 8 rings (SSSR count). The van der Waals surface area contributed by atoms with Crippen LogP contribution in [0, 0.1) is 0 Å². The fourth-order valence-electron chi connectivity index (χ4n) is 7.36. The van der Waals surface area contributed by atoms with Gasteiger partial charge in [-0.3, -0.25) is 0 Å². The zero-order chi connectivity index (χ0) is 35.3. The molecule has 1 heterocycles. The van der Waals surface area contributed by atoms with Crippen LogP contribution in [0.4, 0.5) is 0 Å². The first-order valence-electron chi connectivity index (χ1n) is 18.1. The van der Waals surface area contributed by atoms with Crippen LogP contribution in [0.5, 0.6) is 0 Å². The maximum atomic E-state index is 2.51. The fourth-order valence-corrected chi connectivity index (χ4v) is 7.36. The Morgan fingerprint density at radius 3 is 1.08 bits per heavy atom. The molecule has 0 spiro atoms. The van der Waals surface area contributed by atoms with Crippen LogP contribution in [0.25, 0.3) is 72.0 Å². The van der Waals surface area contributed by atoms with Crippen LogP contribution >= 0.6 is 0 Å². The van der Waals surface area contributed by atoms with Crippen molar-refractivity contribution in [2.24, 2.45) is 0 Å². The highest BCUT2D eigenvalue weighted by molar-refractivity contribution is 6.10. The maximum absolute atomic E-state index is 2.51. The summed E-state index contributed by atoms with van der Waals surface area (Å²) in [6.45, 7) is 13.6. The molecule has 7 aromatic carbocycles. The Bertz CT molecular complexity index is 2310. The summed E-state index contributed by atoms with van der Waals surface area (Å²) >= 11 is 0. The minimum Gasteiger partial charge on any atom is -0.308 e. The summed E-state index contributed by atoms with van der Waals surface area (Å²) in [5.74, 6) is 0. The fraction of sp³-hybridized carbons (Fsp3) is 0.160. The zero-order valence-electron chi connectivity index (χ0n) is 30.5. The summed E-state index contributed by atoms with van der Waals surface area (Å²) in [6.07, 6.45) is 0. The molecule has 0 radical (unpaired) electrons. The lowest BCUT2D eigenvalue weighted by atomic mass is 9.86. The minimum atomic E-state index is 0.106. The van der Waals surface area contributed by atoms with E-state index in [1.54, 1.807) is 0 Å². The molecule has 0 amide bonds. The van der Waals surface area contributed by atoms with Gasteiger partial charge in [-0.15, -0.1) is 0 Å². The van der Waals surface area contributed by atoms with E-state index in [2.05, 4.69) is 210 Å². The van der Waals surface area contributed by atoms with Gasteiger partial charge in [0.2, 0.25) is 0 Å². The molecule has 250 valence electrons. The molecule has 0 aliphatic carbocycles. The first kappa shape index (κ1) is 32.5. The third-order valence-electron chi connectivity index (χ3n) is 10.3. The lowest BCUT2D eigenvalue weighted by Crippen LogP contribution is -2.10. The molecule has 0 bridgehead atoms. The summed E-state index contributed by atoms with van der Waals surface area (Å²) in [5, 5.41) is 4.90. The molecule has 0 saturated heterocycles. The quantitative estimate of drug-likeness (QED) is 0.162. The third kappa shape index (κ3) is 6.19. The smallest absolute Gasteiger partial charge is 0.0619 e. The SMILES string of the molecule is CC(C)(C)c1ccc(-c2ccc3cc4ccc(-c5ccc(C(C)(C)C)cc5)cc4c(-n4c(-c5ccccc5)ccc4-c4ccccc4)c3c2)cc1. The van der Waals surface area contributed by atoms with E-state index in [4.69, 9.17) is 0 Å². The molecule has 8 aromatic rings. The van der Waals surface area contributed by atoms with Crippen molar-refractivity contribution in [3.63, 3.8) is 0 Å². The summed E-state index contributed by atoms with van der Waals surface area (Å²) in [7, 11) is 0. The van der Waals surface area contributed by atoms with Crippen molar-refractivity contribution < 1.29 is 0 Å². The summed E-state index contributed by atoms with van der Waals surface area (Å²) in [5.41, 5.74) is 13.7. The van der Waals surface area contributed by atoms with Crippen LogP contribution in [-0.2, 0) is 10.8 Å². The van der Waals surface area contributed by atoms with Crippen molar-refractivity contribution in [2.45, 2.75) is 52.4 Å². The summed E-state index contributed by atoms with van der Waals surface area (Å²) < 4.78 is 2.51. The molecule has 1 heteroatoms. The van der Waals surface area contributed by atoms with Crippen molar-refractivity contribution in [2.75, 3.05) is 0 Å². The molecule has 0 aliphatic rings. The predicted octanol–water partition coefficient (Wildman–Crippen LogP) is 14.0. The molecule has 0 fully saturated rings. The van der Waals surface area contributed by atoms with Gasteiger partial charge in [0.05, 0.1) is 17.1 Å². The topological polar surface area (TPSA) is 4.93 Å².